The minimum absolute atomic E-state index is 0.253. The summed E-state index contributed by atoms with van der Waals surface area (Å²) < 4.78 is 5.89. The van der Waals surface area contributed by atoms with Gasteiger partial charge in [0.2, 0.25) is 0 Å². The minimum Gasteiger partial charge on any atom is -0.457 e. The number of hydrogen-bond donors (Lipinski definition) is 3. The Labute approximate surface area is 223 Å². The van der Waals surface area contributed by atoms with Crippen LogP contribution in [0.1, 0.15) is 17.5 Å². The predicted octanol–water partition coefficient (Wildman–Crippen LogP) is 7.35. The van der Waals surface area contributed by atoms with Gasteiger partial charge in [0.25, 0.3) is 0 Å². The molecule has 0 aromatic heterocycles. The molecule has 4 rings (SSSR count). The first-order chi connectivity index (χ1) is 18.5. The van der Waals surface area contributed by atoms with Crippen LogP contribution in [0, 0.1) is 13.8 Å². The molecule has 3 N–H and O–H groups in total. The van der Waals surface area contributed by atoms with E-state index in [9.17, 15) is 9.59 Å². The Hall–Kier alpha value is -4.78. The van der Waals surface area contributed by atoms with E-state index in [-0.39, 0.29) is 12.1 Å². The summed E-state index contributed by atoms with van der Waals surface area (Å²) in [5, 5.41) is 8.65. The monoisotopic (exact) mass is 508 g/mol. The highest BCUT2D eigenvalue weighted by Crippen LogP contribution is 2.25. The van der Waals surface area contributed by atoms with Gasteiger partial charge in [0.05, 0.1) is 0 Å². The second-order valence-electron chi connectivity index (χ2n) is 8.96. The maximum atomic E-state index is 13.3. The minimum atomic E-state index is -0.285. The Morgan fingerprint density at radius 2 is 1.42 bits per heavy atom. The first-order valence-corrected chi connectivity index (χ1v) is 12.6. The molecule has 0 saturated carbocycles. The molecule has 0 bridgehead atoms. The van der Waals surface area contributed by atoms with Crippen molar-refractivity contribution in [2.75, 3.05) is 28.6 Å². The van der Waals surface area contributed by atoms with Gasteiger partial charge in [0.15, 0.2) is 0 Å². The third-order valence-electron chi connectivity index (χ3n) is 5.80. The standard InChI is InChI=1S/C31H32N4O3/c1-23-12-14-25(15-13-23)33-30(36)32-20-7-21-35(31(37)34-26-9-6-8-24(2)22-26)27-16-18-29(19-17-27)38-28-10-4-3-5-11-28/h3-6,8-19,22H,7,20-21H2,1-2H3,(H,34,37)(H2,32,33,36). The molecule has 4 amide bonds. The quantitative estimate of drug-likeness (QED) is 0.207. The predicted molar refractivity (Wildman–Crippen MR) is 153 cm³/mol. The highest BCUT2D eigenvalue weighted by Gasteiger charge is 2.16. The molecule has 0 heterocycles. The highest BCUT2D eigenvalue weighted by molar-refractivity contribution is 6.01. The largest absolute Gasteiger partial charge is 0.457 e. The van der Waals surface area contributed by atoms with E-state index >= 15 is 0 Å². The molecule has 0 saturated heterocycles. The molecule has 7 heteroatoms. The van der Waals surface area contributed by atoms with Crippen molar-refractivity contribution in [3.05, 3.63) is 114 Å². The fourth-order valence-corrected chi connectivity index (χ4v) is 3.83. The normalized spacial score (nSPS) is 10.4. The maximum absolute atomic E-state index is 13.3. The van der Waals surface area contributed by atoms with Gasteiger partial charge in [-0.05, 0) is 86.5 Å². The summed E-state index contributed by atoms with van der Waals surface area (Å²) in [7, 11) is 0. The zero-order valence-electron chi connectivity index (χ0n) is 21.6. The van der Waals surface area contributed by atoms with Crippen molar-refractivity contribution >= 4 is 29.1 Å². The lowest BCUT2D eigenvalue weighted by Gasteiger charge is -2.24. The molecular weight excluding hydrogens is 476 g/mol. The Morgan fingerprint density at radius 1 is 0.711 bits per heavy atom. The maximum Gasteiger partial charge on any atom is 0.326 e. The molecular formula is C31H32N4O3. The number of carbonyl (C=O) groups excluding carboxylic acids is 2. The molecule has 0 aliphatic rings. The molecule has 194 valence electrons. The zero-order valence-corrected chi connectivity index (χ0v) is 21.6. The Bertz CT molecular complexity index is 1340. The Morgan fingerprint density at radius 3 is 2.13 bits per heavy atom. The molecule has 0 aliphatic carbocycles. The van der Waals surface area contributed by atoms with Gasteiger partial charge in [0, 0.05) is 30.2 Å². The van der Waals surface area contributed by atoms with Gasteiger partial charge in [-0.1, -0.05) is 48.0 Å². The SMILES string of the molecule is Cc1ccc(NC(=O)NCCCN(C(=O)Nc2cccc(C)c2)c2ccc(Oc3ccccc3)cc2)cc1. The number of carbonyl (C=O) groups is 2. The first kappa shape index (κ1) is 26.3. The van der Waals surface area contributed by atoms with Crippen molar-refractivity contribution in [3.63, 3.8) is 0 Å². The van der Waals surface area contributed by atoms with Crippen LogP contribution < -0.4 is 25.6 Å². The average molecular weight is 509 g/mol. The van der Waals surface area contributed by atoms with Crippen LogP contribution in [0.15, 0.2) is 103 Å². The molecule has 7 nitrogen and oxygen atoms in total. The zero-order chi connectivity index (χ0) is 26.7. The number of ether oxygens (including phenoxy) is 1. The topological polar surface area (TPSA) is 82.7 Å². The van der Waals surface area contributed by atoms with E-state index in [4.69, 9.17) is 4.74 Å². The van der Waals surface area contributed by atoms with Crippen LogP contribution in [0.5, 0.6) is 11.5 Å². The van der Waals surface area contributed by atoms with E-state index in [1.165, 1.54) is 0 Å². The number of amides is 4. The van der Waals surface area contributed by atoms with E-state index in [0.29, 0.717) is 25.3 Å². The van der Waals surface area contributed by atoms with Crippen LogP contribution in [0.25, 0.3) is 0 Å². The highest BCUT2D eigenvalue weighted by atomic mass is 16.5. The van der Waals surface area contributed by atoms with Crippen LogP contribution in [-0.2, 0) is 0 Å². The van der Waals surface area contributed by atoms with Crippen molar-refractivity contribution in [2.24, 2.45) is 0 Å². The van der Waals surface area contributed by atoms with E-state index in [1.54, 1.807) is 4.90 Å². The molecule has 0 aliphatic heterocycles. The van der Waals surface area contributed by atoms with Gasteiger partial charge in [-0.15, -0.1) is 0 Å². The van der Waals surface area contributed by atoms with E-state index in [2.05, 4.69) is 16.0 Å². The Kier molecular flexibility index (Phi) is 8.97. The van der Waals surface area contributed by atoms with Crippen LogP contribution >= 0.6 is 0 Å². The molecule has 0 spiro atoms. The second kappa shape index (κ2) is 13.0. The Balaban J connectivity index is 1.39. The summed E-state index contributed by atoms with van der Waals surface area (Å²) in [6.07, 6.45) is 0.560. The molecule has 4 aromatic carbocycles. The van der Waals surface area contributed by atoms with Crippen molar-refractivity contribution in [2.45, 2.75) is 20.3 Å². The molecule has 0 fully saturated rings. The molecule has 38 heavy (non-hydrogen) atoms. The smallest absolute Gasteiger partial charge is 0.326 e. The summed E-state index contributed by atoms with van der Waals surface area (Å²) >= 11 is 0. The van der Waals surface area contributed by atoms with Crippen LogP contribution in [0.2, 0.25) is 0 Å². The lowest BCUT2D eigenvalue weighted by Crippen LogP contribution is -2.38. The number of rotatable bonds is 9. The van der Waals surface area contributed by atoms with E-state index in [0.717, 1.165) is 33.9 Å². The number of benzene rings is 4. The molecule has 0 atom stereocenters. The molecule has 0 radical (unpaired) electrons. The van der Waals surface area contributed by atoms with Gasteiger partial charge >= 0.3 is 12.1 Å². The number of urea groups is 2. The number of anilines is 3. The third-order valence-corrected chi connectivity index (χ3v) is 5.80. The van der Waals surface area contributed by atoms with E-state index < -0.39 is 0 Å². The number of nitrogens with one attached hydrogen (secondary N) is 3. The number of para-hydroxylation sites is 1. The lowest BCUT2D eigenvalue weighted by atomic mass is 10.2. The number of hydrogen-bond acceptors (Lipinski definition) is 3. The van der Waals surface area contributed by atoms with Crippen molar-refractivity contribution in [3.8, 4) is 11.5 Å². The van der Waals surface area contributed by atoms with Gasteiger partial charge in [0.1, 0.15) is 11.5 Å². The second-order valence-corrected chi connectivity index (χ2v) is 8.96. The summed E-state index contributed by atoms with van der Waals surface area (Å²) in [6, 6.07) is 31.6. The summed E-state index contributed by atoms with van der Waals surface area (Å²) in [5.74, 6) is 1.41. The molecule has 4 aromatic rings. The van der Waals surface area contributed by atoms with Crippen LogP contribution in [0.4, 0.5) is 26.7 Å². The van der Waals surface area contributed by atoms with Gasteiger partial charge in [-0.25, -0.2) is 9.59 Å². The average Bonchev–Trinajstić information content (AvgIpc) is 2.91. The fraction of sp³-hybridized carbons (Fsp3) is 0.161. The van der Waals surface area contributed by atoms with Crippen LogP contribution in [0.3, 0.4) is 0 Å². The summed E-state index contributed by atoms with van der Waals surface area (Å²) in [5.41, 5.74) is 4.35. The van der Waals surface area contributed by atoms with Crippen LogP contribution in [-0.4, -0.2) is 25.2 Å². The van der Waals surface area contributed by atoms with Gasteiger partial charge < -0.3 is 20.7 Å². The van der Waals surface area contributed by atoms with Crippen molar-refractivity contribution in [1.29, 1.82) is 0 Å². The summed E-state index contributed by atoms with van der Waals surface area (Å²) in [4.78, 5) is 27.2. The van der Waals surface area contributed by atoms with E-state index in [1.807, 2.05) is 117 Å². The first-order valence-electron chi connectivity index (χ1n) is 12.6. The molecule has 0 unspecified atom stereocenters. The van der Waals surface area contributed by atoms with Gasteiger partial charge in [-0.2, -0.15) is 0 Å². The van der Waals surface area contributed by atoms with Crippen molar-refractivity contribution in [1.82, 2.24) is 5.32 Å². The number of aryl methyl sites for hydroxylation is 2. The number of nitrogens with zero attached hydrogens (tertiary/aromatic N) is 1. The third kappa shape index (κ3) is 7.86. The van der Waals surface area contributed by atoms with Gasteiger partial charge in [-0.3, -0.25) is 4.90 Å². The fourth-order valence-electron chi connectivity index (χ4n) is 3.83. The van der Waals surface area contributed by atoms with Crippen molar-refractivity contribution < 1.29 is 14.3 Å². The summed E-state index contributed by atoms with van der Waals surface area (Å²) in [6.45, 7) is 4.78. The lowest BCUT2D eigenvalue weighted by molar-refractivity contribution is 0.252.